The highest BCUT2D eigenvalue weighted by molar-refractivity contribution is 7.51. The lowest BCUT2D eigenvalue weighted by Crippen LogP contribution is -2.25. The molecule has 0 aromatic heterocycles. The Hall–Kier alpha value is -1.17. The Morgan fingerprint density at radius 1 is 1.04 bits per heavy atom. The Labute approximate surface area is 149 Å². The van der Waals surface area contributed by atoms with Gasteiger partial charge in [-0.1, -0.05) is 52.0 Å². The fourth-order valence-corrected chi connectivity index (χ4v) is 2.55. The molecule has 146 valence electrons. The van der Waals surface area contributed by atoms with Crippen LogP contribution >= 0.6 is 7.60 Å². The minimum absolute atomic E-state index is 0.191. The van der Waals surface area contributed by atoms with Gasteiger partial charge in [-0.05, 0) is 13.3 Å². The molecule has 0 rings (SSSR count). The van der Waals surface area contributed by atoms with Crippen molar-refractivity contribution in [2.75, 3.05) is 6.16 Å². The van der Waals surface area contributed by atoms with E-state index in [4.69, 9.17) is 19.3 Å². The monoisotopic (exact) mass is 378 g/mol. The summed E-state index contributed by atoms with van der Waals surface area (Å²) in [5, 5.41) is 0. The first-order valence-electron chi connectivity index (χ1n) is 8.76. The van der Waals surface area contributed by atoms with E-state index in [1.807, 2.05) is 0 Å². The molecule has 0 amide bonds. The second-order valence-corrected chi connectivity index (χ2v) is 7.93. The number of esters is 2. The third-order valence-corrected chi connectivity index (χ3v) is 4.31. The van der Waals surface area contributed by atoms with Crippen molar-refractivity contribution in [2.24, 2.45) is 0 Å². The maximum atomic E-state index is 11.7. The Kier molecular flexibility index (Phi) is 12.5. The molecule has 7 nitrogen and oxygen atoms in total. The van der Waals surface area contributed by atoms with Gasteiger partial charge in [-0.2, -0.15) is 0 Å². The minimum Gasteiger partial charge on any atom is -0.425 e. The molecule has 8 heteroatoms. The van der Waals surface area contributed by atoms with Crippen molar-refractivity contribution in [3.63, 3.8) is 0 Å². The number of carbonyl (C=O) groups excluding carboxylic acids is 2. The van der Waals surface area contributed by atoms with Gasteiger partial charge in [0.25, 0.3) is 0 Å². The topological polar surface area (TPSA) is 110 Å². The molecule has 2 N–H and O–H groups in total. The van der Waals surface area contributed by atoms with Gasteiger partial charge in [-0.3, -0.25) is 9.36 Å². The highest BCUT2D eigenvalue weighted by Gasteiger charge is 2.22. The van der Waals surface area contributed by atoms with E-state index in [-0.39, 0.29) is 5.57 Å². The summed E-state index contributed by atoms with van der Waals surface area (Å²) in [5.41, 5.74) is 0.191. The van der Waals surface area contributed by atoms with Crippen LogP contribution in [0.2, 0.25) is 0 Å². The molecule has 0 saturated carbocycles. The van der Waals surface area contributed by atoms with Gasteiger partial charge in [0.15, 0.2) is 0 Å². The highest BCUT2D eigenvalue weighted by atomic mass is 31.2. The first kappa shape index (κ1) is 23.8. The Balaban J connectivity index is 4.31. The number of carbonyl (C=O) groups is 2. The molecule has 0 heterocycles. The number of hydrogen-bond acceptors (Lipinski definition) is 5. The molecule has 0 aliphatic heterocycles. The summed E-state index contributed by atoms with van der Waals surface area (Å²) in [4.78, 5) is 40.9. The second kappa shape index (κ2) is 13.1. The molecular formula is C17H31O7P. The van der Waals surface area contributed by atoms with Crippen LogP contribution in [0.25, 0.3) is 0 Å². The van der Waals surface area contributed by atoms with Crippen molar-refractivity contribution in [1.82, 2.24) is 0 Å². The average Bonchev–Trinajstić information content (AvgIpc) is 2.51. The van der Waals surface area contributed by atoms with Crippen LogP contribution in [0.5, 0.6) is 0 Å². The lowest BCUT2D eigenvalue weighted by atomic mass is 10.1. The molecule has 0 aromatic carbocycles. The Morgan fingerprint density at radius 3 is 2.12 bits per heavy atom. The van der Waals surface area contributed by atoms with Gasteiger partial charge in [-0.25, -0.2) is 4.79 Å². The molecule has 0 aliphatic carbocycles. The van der Waals surface area contributed by atoms with Crippen LogP contribution in [0.3, 0.4) is 0 Å². The molecule has 1 unspecified atom stereocenters. The van der Waals surface area contributed by atoms with Crippen molar-refractivity contribution in [1.29, 1.82) is 0 Å². The van der Waals surface area contributed by atoms with Crippen molar-refractivity contribution in [3.05, 3.63) is 12.2 Å². The molecule has 0 radical (unpaired) electrons. The fourth-order valence-electron chi connectivity index (χ4n) is 2.07. The molecule has 25 heavy (non-hydrogen) atoms. The second-order valence-electron chi connectivity index (χ2n) is 6.15. The van der Waals surface area contributed by atoms with E-state index in [1.54, 1.807) is 0 Å². The lowest BCUT2D eigenvalue weighted by Gasteiger charge is -2.18. The molecule has 1 atom stereocenters. The number of ether oxygens (including phenoxy) is 2. The van der Waals surface area contributed by atoms with Gasteiger partial charge < -0.3 is 19.3 Å². The van der Waals surface area contributed by atoms with Gasteiger partial charge in [0.2, 0.25) is 6.29 Å². The number of rotatable bonds is 14. The molecule has 0 saturated heterocycles. The van der Waals surface area contributed by atoms with Gasteiger partial charge in [0, 0.05) is 12.0 Å². The predicted octanol–water partition coefficient (Wildman–Crippen LogP) is 3.68. The van der Waals surface area contributed by atoms with E-state index in [0.717, 1.165) is 25.7 Å². The summed E-state index contributed by atoms with van der Waals surface area (Å²) in [7, 11) is -4.27. The summed E-state index contributed by atoms with van der Waals surface area (Å²) in [6, 6.07) is 0. The summed E-state index contributed by atoms with van der Waals surface area (Å²) < 4.78 is 20.9. The van der Waals surface area contributed by atoms with E-state index in [2.05, 4.69) is 13.5 Å². The smallest absolute Gasteiger partial charge is 0.336 e. The third kappa shape index (κ3) is 14.8. The van der Waals surface area contributed by atoms with Gasteiger partial charge in [0.05, 0.1) is 12.6 Å². The van der Waals surface area contributed by atoms with E-state index in [1.165, 1.54) is 26.2 Å². The zero-order valence-electron chi connectivity index (χ0n) is 15.2. The Bertz CT molecular complexity index is 470. The van der Waals surface area contributed by atoms with Crippen molar-refractivity contribution >= 4 is 19.5 Å². The van der Waals surface area contributed by atoms with Crippen LogP contribution in [-0.4, -0.2) is 34.2 Å². The van der Waals surface area contributed by atoms with Gasteiger partial charge in [-0.15, -0.1) is 0 Å². The maximum Gasteiger partial charge on any atom is 0.336 e. The normalized spacial score (nSPS) is 12.5. The number of unbranched alkanes of at least 4 members (excludes halogenated alkanes) is 6. The largest absolute Gasteiger partial charge is 0.425 e. The van der Waals surface area contributed by atoms with Crippen LogP contribution in [0.4, 0.5) is 0 Å². The number of hydrogen-bond donors (Lipinski definition) is 2. The standard InChI is InChI=1S/C17H31O7P/c1-4-5-6-7-8-9-10-11-16(24-17(19)14(2)3)23-15(18)12-13-25(20,21)22/h16H,2,4-13H2,1,3H3,(H2,20,21,22). The molecule has 0 aromatic rings. The zero-order valence-corrected chi connectivity index (χ0v) is 16.1. The quantitative estimate of drug-likeness (QED) is 0.156. The van der Waals surface area contributed by atoms with Crippen LogP contribution in [0, 0.1) is 0 Å². The van der Waals surface area contributed by atoms with E-state index < -0.39 is 38.4 Å². The molecule has 0 spiro atoms. The van der Waals surface area contributed by atoms with E-state index >= 15 is 0 Å². The summed E-state index contributed by atoms with van der Waals surface area (Å²) >= 11 is 0. The first-order valence-corrected chi connectivity index (χ1v) is 10.6. The van der Waals surface area contributed by atoms with Crippen molar-refractivity contribution < 1.29 is 33.4 Å². The molecule has 0 fully saturated rings. The van der Waals surface area contributed by atoms with Crippen LogP contribution in [0.15, 0.2) is 12.2 Å². The van der Waals surface area contributed by atoms with Crippen molar-refractivity contribution in [2.45, 2.75) is 77.9 Å². The summed E-state index contributed by atoms with van der Waals surface area (Å²) in [5.74, 6) is -1.46. The minimum atomic E-state index is -4.27. The third-order valence-electron chi connectivity index (χ3n) is 3.50. The molecular weight excluding hydrogens is 347 g/mol. The maximum absolute atomic E-state index is 11.7. The molecule has 0 aliphatic rings. The van der Waals surface area contributed by atoms with Crippen LogP contribution < -0.4 is 0 Å². The van der Waals surface area contributed by atoms with E-state index in [0.29, 0.717) is 6.42 Å². The van der Waals surface area contributed by atoms with Gasteiger partial charge >= 0.3 is 19.5 Å². The summed E-state index contributed by atoms with van der Waals surface area (Å²) in [6.07, 6.45) is 5.75. The average molecular weight is 378 g/mol. The van der Waals surface area contributed by atoms with Crippen molar-refractivity contribution in [3.8, 4) is 0 Å². The van der Waals surface area contributed by atoms with Crippen LogP contribution in [0.1, 0.15) is 71.6 Å². The Morgan fingerprint density at radius 2 is 1.60 bits per heavy atom. The zero-order chi connectivity index (χ0) is 19.3. The lowest BCUT2D eigenvalue weighted by molar-refractivity contribution is -0.186. The molecule has 0 bridgehead atoms. The highest BCUT2D eigenvalue weighted by Crippen LogP contribution is 2.35. The van der Waals surface area contributed by atoms with Crippen LogP contribution in [-0.2, 0) is 23.6 Å². The fraction of sp³-hybridized carbons (Fsp3) is 0.765. The predicted molar refractivity (Wildman–Crippen MR) is 94.9 cm³/mol. The van der Waals surface area contributed by atoms with Gasteiger partial charge in [0.1, 0.15) is 0 Å². The summed E-state index contributed by atoms with van der Waals surface area (Å²) in [6.45, 7) is 7.12. The SMILES string of the molecule is C=C(C)C(=O)OC(CCCCCCCCC)OC(=O)CCP(=O)(O)O. The van der Waals surface area contributed by atoms with E-state index in [9.17, 15) is 14.2 Å². The first-order chi connectivity index (χ1) is 11.7.